The molecule has 0 amide bonds. The molecule has 1 aromatic heterocycles. The predicted molar refractivity (Wildman–Crippen MR) is 117 cm³/mol. The Hall–Kier alpha value is -2.80. The maximum atomic E-state index is 12.8. The second kappa shape index (κ2) is 8.92. The molecule has 0 bridgehead atoms. The van der Waals surface area contributed by atoms with Crippen molar-refractivity contribution >= 4 is 23.0 Å². The monoisotopic (exact) mass is 408 g/mol. The number of rotatable bonds is 7. The van der Waals surface area contributed by atoms with Gasteiger partial charge >= 0.3 is 0 Å². The van der Waals surface area contributed by atoms with Gasteiger partial charge in [-0.25, -0.2) is 4.98 Å². The van der Waals surface area contributed by atoms with Crippen LogP contribution in [0.25, 0.3) is 11.5 Å². The highest BCUT2D eigenvalue weighted by Crippen LogP contribution is 2.28. The van der Waals surface area contributed by atoms with Crippen LogP contribution in [-0.2, 0) is 0 Å². The standard InChI is InChI=1S/C23H28N4O3/c1-3-27(4-2)17-9-7-16(8-10-17)23-25-20-21(29)18(15-19(28)22(20)30-23)24-11-14-26-12-5-6-13-26/h7-10H,3-6,11-15H2,1-2H3. The van der Waals surface area contributed by atoms with E-state index in [2.05, 4.69) is 33.6 Å². The van der Waals surface area contributed by atoms with Crippen molar-refractivity contribution < 1.29 is 14.0 Å². The van der Waals surface area contributed by atoms with Crippen LogP contribution in [-0.4, -0.2) is 66.4 Å². The molecule has 1 aliphatic carbocycles. The summed E-state index contributed by atoms with van der Waals surface area (Å²) >= 11 is 0. The Morgan fingerprint density at radius 2 is 1.80 bits per heavy atom. The highest BCUT2D eigenvalue weighted by Gasteiger charge is 2.35. The summed E-state index contributed by atoms with van der Waals surface area (Å²) in [7, 11) is 0. The molecule has 1 aromatic carbocycles. The van der Waals surface area contributed by atoms with Crippen LogP contribution < -0.4 is 4.90 Å². The SMILES string of the molecule is CCN(CC)c1ccc(-c2nc3c(o2)C(=O)CC(=NCCN2CCCC2)C3=O)cc1. The normalized spacial score (nSPS) is 18.3. The van der Waals surface area contributed by atoms with Gasteiger partial charge in [0.25, 0.3) is 0 Å². The van der Waals surface area contributed by atoms with Gasteiger partial charge < -0.3 is 14.2 Å². The number of hydrogen-bond donors (Lipinski definition) is 0. The third-order valence-electron chi connectivity index (χ3n) is 5.85. The lowest BCUT2D eigenvalue weighted by molar-refractivity contribution is 0.0940. The van der Waals surface area contributed by atoms with Gasteiger partial charge in [0.15, 0.2) is 5.69 Å². The molecule has 4 rings (SSSR count). The van der Waals surface area contributed by atoms with Crippen molar-refractivity contribution in [3.8, 4) is 11.5 Å². The summed E-state index contributed by atoms with van der Waals surface area (Å²) in [6.07, 6.45) is 2.42. The fourth-order valence-corrected chi connectivity index (χ4v) is 4.10. The molecule has 0 saturated carbocycles. The molecule has 2 aromatic rings. The first-order valence-corrected chi connectivity index (χ1v) is 10.8. The van der Waals surface area contributed by atoms with Crippen LogP contribution in [0.1, 0.15) is 54.2 Å². The summed E-state index contributed by atoms with van der Waals surface area (Å²) in [6.45, 7) is 9.59. The van der Waals surface area contributed by atoms with E-state index in [0.717, 1.165) is 44.0 Å². The number of fused-ring (bicyclic) bond motifs is 1. The molecule has 0 atom stereocenters. The van der Waals surface area contributed by atoms with Gasteiger partial charge in [-0.1, -0.05) is 0 Å². The Morgan fingerprint density at radius 1 is 1.10 bits per heavy atom. The third-order valence-corrected chi connectivity index (χ3v) is 5.85. The van der Waals surface area contributed by atoms with E-state index in [4.69, 9.17) is 4.42 Å². The third kappa shape index (κ3) is 4.07. The fourth-order valence-electron chi connectivity index (χ4n) is 4.10. The first kappa shape index (κ1) is 20.5. The van der Waals surface area contributed by atoms with Crippen molar-refractivity contribution in [2.45, 2.75) is 33.1 Å². The number of aromatic nitrogens is 1. The predicted octanol–water partition coefficient (Wildman–Crippen LogP) is 3.49. The second-order valence-corrected chi connectivity index (χ2v) is 7.72. The van der Waals surface area contributed by atoms with Gasteiger partial charge in [-0.15, -0.1) is 0 Å². The number of benzene rings is 1. The first-order chi connectivity index (χ1) is 14.6. The molecule has 30 heavy (non-hydrogen) atoms. The van der Waals surface area contributed by atoms with Gasteiger partial charge in [0.2, 0.25) is 23.2 Å². The molecule has 1 saturated heterocycles. The van der Waals surface area contributed by atoms with Crippen LogP contribution in [0.4, 0.5) is 5.69 Å². The summed E-state index contributed by atoms with van der Waals surface area (Å²) in [6, 6.07) is 7.82. The van der Waals surface area contributed by atoms with Gasteiger partial charge in [0, 0.05) is 30.9 Å². The zero-order valence-electron chi connectivity index (χ0n) is 17.7. The van der Waals surface area contributed by atoms with Gasteiger partial charge in [0.1, 0.15) is 0 Å². The van der Waals surface area contributed by atoms with E-state index < -0.39 is 0 Å². The van der Waals surface area contributed by atoms with E-state index in [-0.39, 0.29) is 29.4 Å². The van der Waals surface area contributed by atoms with Gasteiger partial charge in [-0.05, 0) is 64.0 Å². The molecule has 0 unspecified atom stereocenters. The van der Waals surface area contributed by atoms with Crippen molar-refractivity contribution in [3.63, 3.8) is 0 Å². The lowest BCUT2D eigenvalue weighted by Gasteiger charge is -2.20. The minimum absolute atomic E-state index is 0.0125. The van der Waals surface area contributed by atoms with Crippen LogP contribution >= 0.6 is 0 Å². The van der Waals surface area contributed by atoms with Crippen molar-refractivity contribution in [2.75, 3.05) is 44.2 Å². The minimum Gasteiger partial charge on any atom is -0.432 e. The summed E-state index contributed by atoms with van der Waals surface area (Å²) in [5, 5.41) is 0. The highest BCUT2D eigenvalue weighted by atomic mass is 16.4. The Kier molecular flexibility index (Phi) is 6.08. The number of oxazole rings is 1. The Balaban J connectivity index is 1.52. The maximum absolute atomic E-state index is 12.8. The summed E-state index contributed by atoms with van der Waals surface area (Å²) < 4.78 is 5.70. The van der Waals surface area contributed by atoms with Crippen molar-refractivity contribution in [3.05, 3.63) is 35.7 Å². The number of ketones is 2. The number of anilines is 1. The molecule has 2 heterocycles. The summed E-state index contributed by atoms with van der Waals surface area (Å²) in [5.74, 6) is -0.170. The molecule has 0 spiro atoms. The number of aliphatic imine (C=N–C) groups is 1. The topological polar surface area (TPSA) is 79.0 Å². The van der Waals surface area contributed by atoms with Gasteiger partial charge in [-0.2, -0.15) is 0 Å². The van der Waals surface area contributed by atoms with Crippen LogP contribution in [0.5, 0.6) is 0 Å². The van der Waals surface area contributed by atoms with Gasteiger partial charge in [0.05, 0.1) is 18.7 Å². The number of likely N-dealkylation sites (tertiary alicyclic amines) is 1. The second-order valence-electron chi connectivity index (χ2n) is 7.72. The smallest absolute Gasteiger partial charge is 0.229 e. The fraction of sp³-hybridized carbons (Fsp3) is 0.478. The number of carbonyl (C=O) groups excluding carboxylic acids is 2. The molecule has 158 valence electrons. The summed E-state index contributed by atoms with van der Waals surface area (Å²) in [4.78, 5) is 38.7. The minimum atomic E-state index is -0.291. The van der Waals surface area contributed by atoms with E-state index in [1.165, 1.54) is 12.8 Å². The molecule has 1 fully saturated rings. The molecular weight excluding hydrogens is 380 g/mol. The highest BCUT2D eigenvalue weighted by molar-refractivity contribution is 6.52. The van der Waals surface area contributed by atoms with E-state index in [1.807, 2.05) is 24.3 Å². The Morgan fingerprint density at radius 3 is 2.47 bits per heavy atom. The molecule has 0 radical (unpaired) electrons. The van der Waals surface area contributed by atoms with Crippen LogP contribution in [0, 0.1) is 0 Å². The average Bonchev–Trinajstić information content (AvgIpc) is 3.44. The Bertz CT molecular complexity index is 951. The van der Waals surface area contributed by atoms with Gasteiger partial charge in [-0.3, -0.25) is 14.6 Å². The lowest BCUT2D eigenvalue weighted by Crippen LogP contribution is -2.28. The summed E-state index contributed by atoms with van der Waals surface area (Å²) in [5.41, 5.74) is 2.24. The first-order valence-electron chi connectivity index (χ1n) is 10.8. The Labute approximate surface area is 176 Å². The molecule has 2 aliphatic rings. The number of carbonyl (C=O) groups is 2. The molecule has 7 heteroatoms. The van der Waals surface area contributed by atoms with E-state index in [9.17, 15) is 9.59 Å². The average molecular weight is 409 g/mol. The number of nitrogens with zero attached hydrogens (tertiary/aromatic N) is 4. The number of Topliss-reactive ketones (excluding diaryl/α,β-unsaturated/α-hetero) is 2. The van der Waals surface area contributed by atoms with Crippen LogP contribution in [0.2, 0.25) is 0 Å². The van der Waals surface area contributed by atoms with Crippen molar-refractivity contribution in [1.29, 1.82) is 0 Å². The number of hydrogen-bond acceptors (Lipinski definition) is 7. The molecule has 7 nitrogen and oxygen atoms in total. The maximum Gasteiger partial charge on any atom is 0.229 e. The van der Waals surface area contributed by atoms with E-state index in [1.54, 1.807) is 0 Å². The molecule has 1 aliphatic heterocycles. The largest absolute Gasteiger partial charge is 0.432 e. The molecular formula is C23H28N4O3. The van der Waals surface area contributed by atoms with Crippen molar-refractivity contribution in [2.24, 2.45) is 4.99 Å². The zero-order valence-corrected chi connectivity index (χ0v) is 17.7. The van der Waals surface area contributed by atoms with Crippen LogP contribution in [0.3, 0.4) is 0 Å². The quantitative estimate of drug-likeness (QED) is 0.698. The van der Waals surface area contributed by atoms with Crippen molar-refractivity contribution in [1.82, 2.24) is 9.88 Å². The van der Waals surface area contributed by atoms with E-state index >= 15 is 0 Å². The van der Waals surface area contributed by atoms with Crippen LogP contribution in [0.15, 0.2) is 33.7 Å². The molecule has 0 N–H and O–H groups in total. The zero-order chi connectivity index (χ0) is 21.1. The lowest BCUT2D eigenvalue weighted by atomic mass is 9.97. The van der Waals surface area contributed by atoms with E-state index in [0.29, 0.717) is 18.1 Å².